The molecule has 0 spiro atoms. The lowest BCUT2D eigenvalue weighted by molar-refractivity contribution is -0.139. The summed E-state index contributed by atoms with van der Waals surface area (Å²) < 4.78 is 16.8. The van der Waals surface area contributed by atoms with Gasteiger partial charge in [-0.15, -0.1) is 0 Å². The summed E-state index contributed by atoms with van der Waals surface area (Å²) in [4.78, 5) is 32.5. The fourth-order valence-corrected chi connectivity index (χ4v) is 7.07. The van der Waals surface area contributed by atoms with Crippen molar-refractivity contribution in [2.75, 3.05) is 6.61 Å². The van der Waals surface area contributed by atoms with Crippen LogP contribution in [-0.2, 0) is 16.1 Å². The lowest BCUT2D eigenvalue weighted by Crippen LogP contribution is -2.39. The molecule has 2 aromatic heterocycles. The number of aryl methyl sites for hydroxylation is 2. The smallest absolute Gasteiger partial charge is 0.338 e. The Bertz CT molecular complexity index is 2140. The second kappa shape index (κ2) is 13.1. The van der Waals surface area contributed by atoms with Crippen molar-refractivity contribution in [2.45, 2.75) is 47.3 Å². The summed E-state index contributed by atoms with van der Waals surface area (Å²) in [5.74, 6) is 0.327. The van der Waals surface area contributed by atoms with Gasteiger partial charge < -0.3 is 14.0 Å². The second-order valence-corrected chi connectivity index (χ2v) is 13.2. The highest BCUT2D eigenvalue weighted by Crippen LogP contribution is 2.31. The average Bonchev–Trinajstić information content (AvgIpc) is 3.50. The van der Waals surface area contributed by atoms with Gasteiger partial charge in [0.05, 0.1) is 28.5 Å². The number of hydrogen-bond acceptors (Lipinski definition) is 6. The van der Waals surface area contributed by atoms with Crippen molar-refractivity contribution in [1.82, 2.24) is 9.13 Å². The van der Waals surface area contributed by atoms with Gasteiger partial charge >= 0.3 is 5.97 Å². The molecule has 5 aromatic rings. The van der Waals surface area contributed by atoms with Crippen molar-refractivity contribution < 1.29 is 14.3 Å². The Morgan fingerprint density at radius 2 is 1.67 bits per heavy atom. The molecular formula is C37H34BrN3O4S. The summed E-state index contributed by atoms with van der Waals surface area (Å²) in [5.41, 5.74) is 7.74. The van der Waals surface area contributed by atoms with E-state index >= 15 is 0 Å². The molecule has 9 heteroatoms. The summed E-state index contributed by atoms with van der Waals surface area (Å²) in [5, 5.41) is 0. The fraction of sp³-hybridized carbons (Fsp3) is 0.216. The lowest BCUT2D eigenvalue weighted by Gasteiger charge is -2.24. The van der Waals surface area contributed by atoms with E-state index in [2.05, 4.69) is 33.5 Å². The van der Waals surface area contributed by atoms with Crippen LogP contribution in [0.15, 0.2) is 104 Å². The zero-order valence-corrected chi connectivity index (χ0v) is 28.7. The molecule has 0 radical (unpaired) electrons. The summed E-state index contributed by atoms with van der Waals surface area (Å²) in [6.45, 7) is 10.4. The van der Waals surface area contributed by atoms with Crippen molar-refractivity contribution in [3.8, 4) is 11.4 Å². The second-order valence-electron chi connectivity index (χ2n) is 11.3. The Morgan fingerprint density at radius 3 is 2.35 bits per heavy atom. The highest BCUT2D eigenvalue weighted by atomic mass is 79.9. The van der Waals surface area contributed by atoms with Crippen molar-refractivity contribution in [3.05, 3.63) is 148 Å². The van der Waals surface area contributed by atoms with E-state index < -0.39 is 12.0 Å². The number of benzene rings is 3. The van der Waals surface area contributed by atoms with Crippen LogP contribution in [0.2, 0.25) is 0 Å². The first kappa shape index (κ1) is 31.5. The monoisotopic (exact) mass is 695 g/mol. The molecule has 7 nitrogen and oxygen atoms in total. The molecule has 0 unspecified atom stereocenters. The number of ether oxygens (including phenoxy) is 2. The van der Waals surface area contributed by atoms with Gasteiger partial charge in [-0.05, 0) is 99.8 Å². The SMILES string of the molecule is CCOC(=O)C1=C(C)N=c2s/c(=C\c3cc(C)n(-c4ccc(OCc5ccc(Br)cc5)cc4)c3C)c(=O)n2[C@@H]1c1ccc(C)cc1. The summed E-state index contributed by atoms with van der Waals surface area (Å²) >= 11 is 4.79. The van der Waals surface area contributed by atoms with Gasteiger partial charge in [-0.2, -0.15) is 0 Å². The van der Waals surface area contributed by atoms with Crippen LogP contribution in [0.3, 0.4) is 0 Å². The predicted molar refractivity (Wildman–Crippen MR) is 185 cm³/mol. The first-order chi connectivity index (χ1) is 22.1. The van der Waals surface area contributed by atoms with Crippen LogP contribution in [0.1, 0.15) is 53.5 Å². The van der Waals surface area contributed by atoms with Gasteiger partial charge in [0.1, 0.15) is 12.4 Å². The van der Waals surface area contributed by atoms with Gasteiger partial charge in [0.15, 0.2) is 4.80 Å². The normalized spacial score (nSPS) is 14.7. The number of esters is 1. The van der Waals surface area contributed by atoms with Crippen LogP contribution in [0.25, 0.3) is 11.8 Å². The third-order valence-electron chi connectivity index (χ3n) is 8.08. The quantitative estimate of drug-likeness (QED) is 0.166. The molecule has 1 aliphatic heterocycles. The number of nitrogens with zero attached hydrogens (tertiary/aromatic N) is 3. The molecular weight excluding hydrogens is 662 g/mol. The minimum absolute atomic E-state index is 0.194. The molecule has 0 amide bonds. The fourth-order valence-electron chi connectivity index (χ4n) is 5.77. The van der Waals surface area contributed by atoms with E-state index in [9.17, 15) is 9.59 Å². The van der Waals surface area contributed by atoms with Gasteiger partial charge in [-0.1, -0.05) is 69.2 Å². The van der Waals surface area contributed by atoms with Gasteiger partial charge in [0.2, 0.25) is 0 Å². The van der Waals surface area contributed by atoms with Crippen LogP contribution in [0.5, 0.6) is 5.75 Å². The van der Waals surface area contributed by atoms with Gasteiger partial charge in [0, 0.05) is 21.5 Å². The lowest BCUT2D eigenvalue weighted by atomic mass is 9.95. The van der Waals surface area contributed by atoms with Crippen LogP contribution >= 0.6 is 27.3 Å². The topological polar surface area (TPSA) is 74.8 Å². The largest absolute Gasteiger partial charge is 0.489 e. The van der Waals surface area contributed by atoms with E-state index in [1.165, 1.54) is 11.3 Å². The number of carbonyl (C=O) groups is 1. The Kier molecular flexibility index (Phi) is 8.97. The van der Waals surface area contributed by atoms with Gasteiger partial charge in [-0.3, -0.25) is 9.36 Å². The third-order valence-corrected chi connectivity index (χ3v) is 9.59. The molecule has 3 heterocycles. The maximum atomic E-state index is 14.1. The Balaban J connectivity index is 1.34. The molecule has 1 aliphatic rings. The Hall–Kier alpha value is -4.47. The van der Waals surface area contributed by atoms with E-state index in [0.29, 0.717) is 27.2 Å². The number of rotatable bonds is 8. The highest BCUT2D eigenvalue weighted by molar-refractivity contribution is 9.10. The Labute approximate surface area is 279 Å². The number of thiazole rings is 1. The van der Waals surface area contributed by atoms with E-state index in [-0.39, 0.29) is 12.2 Å². The number of hydrogen-bond donors (Lipinski definition) is 0. The maximum Gasteiger partial charge on any atom is 0.338 e. The number of fused-ring (bicyclic) bond motifs is 1. The standard InChI is InChI=1S/C37H34BrN3O4S/c1-6-44-36(43)33-24(4)39-37-41(34(33)27-11-7-22(2)8-12-27)35(42)32(46-37)20-28-19-23(3)40(25(28)5)30-15-17-31(18-16-30)45-21-26-9-13-29(38)14-10-26/h7-20,34H,6,21H2,1-5H3/b32-20-/t34-/m1/s1. The Morgan fingerprint density at radius 1 is 0.978 bits per heavy atom. The maximum absolute atomic E-state index is 14.1. The average molecular weight is 697 g/mol. The van der Waals surface area contributed by atoms with Gasteiger partial charge in [-0.25, -0.2) is 9.79 Å². The van der Waals surface area contributed by atoms with Crippen molar-refractivity contribution in [3.63, 3.8) is 0 Å². The van der Waals surface area contributed by atoms with Crippen LogP contribution < -0.4 is 19.6 Å². The third kappa shape index (κ3) is 6.17. The minimum Gasteiger partial charge on any atom is -0.489 e. The first-order valence-electron chi connectivity index (χ1n) is 15.1. The summed E-state index contributed by atoms with van der Waals surface area (Å²) in [7, 11) is 0. The number of aromatic nitrogens is 2. The van der Waals surface area contributed by atoms with Crippen molar-refractivity contribution in [1.29, 1.82) is 0 Å². The molecule has 234 valence electrons. The predicted octanol–water partition coefficient (Wildman–Crippen LogP) is 6.86. The molecule has 0 fully saturated rings. The van der Waals surface area contributed by atoms with E-state index in [1.54, 1.807) is 18.4 Å². The molecule has 0 bridgehead atoms. The number of carbonyl (C=O) groups excluding carboxylic acids is 1. The van der Waals surface area contributed by atoms with E-state index in [4.69, 9.17) is 14.5 Å². The summed E-state index contributed by atoms with van der Waals surface area (Å²) in [6, 6.07) is 25.4. The minimum atomic E-state index is -0.630. The van der Waals surface area contributed by atoms with E-state index in [1.807, 2.05) is 92.7 Å². The van der Waals surface area contributed by atoms with Crippen molar-refractivity contribution >= 4 is 39.3 Å². The molecule has 0 aliphatic carbocycles. The molecule has 3 aromatic carbocycles. The molecule has 1 atom stereocenters. The molecule has 0 saturated heterocycles. The highest BCUT2D eigenvalue weighted by Gasteiger charge is 2.33. The van der Waals surface area contributed by atoms with Crippen LogP contribution in [0.4, 0.5) is 0 Å². The van der Waals surface area contributed by atoms with Gasteiger partial charge in [0.25, 0.3) is 5.56 Å². The molecule has 6 rings (SSSR count). The molecule has 0 saturated carbocycles. The van der Waals surface area contributed by atoms with E-state index in [0.717, 1.165) is 49.6 Å². The molecule has 0 N–H and O–H groups in total. The summed E-state index contributed by atoms with van der Waals surface area (Å²) in [6.07, 6.45) is 1.92. The van der Waals surface area contributed by atoms with Crippen molar-refractivity contribution in [2.24, 2.45) is 4.99 Å². The first-order valence-corrected chi connectivity index (χ1v) is 16.7. The zero-order chi connectivity index (χ0) is 32.5. The molecule has 46 heavy (non-hydrogen) atoms. The zero-order valence-electron chi connectivity index (χ0n) is 26.3. The number of halogens is 1. The number of allylic oxidation sites excluding steroid dienone is 1. The van der Waals surface area contributed by atoms with Crippen LogP contribution in [0, 0.1) is 20.8 Å². The van der Waals surface area contributed by atoms with Crippen LogP contribution in [-0.4, -0.2) is 21.7 Å².